The predicted octanol–water partition coefficient (Wildman–Crippen LogP) is 2.29. The van der Waals surface area contributed by atoms with Crippen molar-refractivity contribution in [3.8, 4) is 11.8 Å². The Morgan fingerprint density at radius 2 is 2.09 bits per heavy atom. The fraction of sp³-hybridized carbons (Fsp3) is 0.478. The standard InChI is InChI=1S/C23H25N5O3S/c1-11(2)25-21-17-22(27-16(26-21)8-7-14-6-5-12(3)32-14)28(10-24-17)18-15-9-23(15,13(4)29)20(31)19(18)30/h5-6,10-11,15,18-20,30-31H,9H2,1-4H3,(H,25,26,27)/t15?,18-,19+,20?,23+/m1/s1. The highest BCUT2D eigenvalue weighted by molar-refractivity contribution is 7.12. The summed E-state index contributed by atoms with van der Waals surface area (Å²) in [5, 5.41) is 24.7. The molecule has 2 aliphatic rings. The van der Waals surface area contributed by atoms with E-state index < -0.39 is 23.7 Å². The molecule has 32 heavy (non-hydrogen) atoms. The highest BCUT2D eigenvalue weighted by Gasteiger charge is 2.74. The fourth-order valence-electron chi connectivity index (χ4n) is 4.96. The number of hydrogen-bond donors (Lipinski definition) is 3. The van der Waals surface area contributed by atoms with Gasteiger partial charge in [-0.3, -0.25) is 4.79 Å². The first-order valence-corrected chi connectivity index (χ1v) is 11.5. The molecule has 5 rings (SSSR count). The van der Waals surface area contributed by atoms with Crippen LogP contribution in [0.2, 0.25) is 0 Å². The number of hydrogen-bond acceptors (Lipinski definition) is 8. The van der Waals surface area contributed by atoms with Gasteiger partial charge in [-0.1, -0.05) is 0 Å². The smallest absolute Gasteiger partial charge is 0.209 e. The van der Waals surface area contributed by atoms with Crippen molar-refractivity contribution < 1.29 is 15.0 Å². The average molecular weight is 452 g/mol. The molecular weight excluding hydrogens is 426 g/mol. The van der Waals surface area contributed by atoms with Crippen molar-refractivity contribution in [2.24, 2.45) is 11.3 Å². The van der Waals surface area contributed by atoms with Gasteiger partial charge < -0.3 is 20.1 Å². The molecule has 5 atom stereocenters. The summed E-state index contributed by atoms with van der Waals surface area (Å²) in [6, 6.07) is 3.62. The summed E-state index contributed by atoms with van der Waals surface area (Å²) >= 11 is 1.60. The number of anilines is 1. The number of nitrogens with zero attached hydrogens (tertiary/aromatic N) is 4. The van der Waals surface area contributed by atoms with Crippen LogP contribution in [0.3, 0.4) is 0 Å². The van der Waals surface area contributed by atoms with E-state index in [0.717, 1.165) is 4.88 Å². The summed E-state index contributed by atoms with van der Waals surface area (Å²) in [4.78, 5) is 28.1. The largest absolute Gasteiger partial charge is 0.389 e. The molecule has 2 unspecified atom stereocenters. The van der Waals surface area contributed by atoms with Gasteiger partial charge in [-0.2, -0.15) is 0 Å². The van der Waals surface area contributed by atoms with Gasteiger partial charge in [0.1, 0.15) is 11.9 Å². The van der Waals surface area contributed by atoms with E-state index in [1.54, 1.807) is 22.2 Å². The Morgan fingerprint density at radius 1 is 1.31 bits per heavy atom. The monoisotopic (exact) mass is 451 g/mol. The molecule has 3 aromatic rings. The van der Waals surface area contributed by atoms with Crippen LogP contribution in [0.4, 0.5) is 5.82 Å². The molecule has 0 bridgehead atoms. The zero-order valence-electron chi connectivity index (χ0n) is 18.3. The zero-order chi connectivity index (χ0) is 22.8. The number of carbonyl (C=O) groups is 1. The van der Waals surface area contributed by atoms with Gasteiger partial charge >= 0.3 is 0 Å². The number of aliphatic hydroxyl groups excluding tert-OH is 2. The second-order valence-corrected chi connectivity index (χ2v) is 10.3. The van der Waals surface area contributed by atoms with Crippen LogP contribution >= 0.6 is 11.3 Å². The molecule has 8 nitrogen and oxygen atoms in total. The molecule has 9 heteroatoms. The van der Waals surface area contributed by atoms with Gasteiger partial charge in [0.05, 0.1) is 28.8 Å². The molecule has 3 N–H and O–H groups in total. The number of aryl methyl sites for hydroxylation is 1. The third-order valence-corrected chi connectivity index (χ3v) is 7.45. The Morgan fingerprint density at radius 3 is 2.72 bits per heavy atom. The molecular formula is C23H25N5O3S. The van der Waals surface area contributed by atoms with E-state index in [4.69, 9.17) is 0 Å². The highest BCUT2D eigenvalue weighted by Crippen LogP contribution is 2.68. The minimum Gasteiger partial charge on any atom is -0.389 e. The van der Waals surface area contributed by atoms with Crippen LogP contribution in [-0.2, 0) is 4.79 Å². The van der Waals surface area contributed by atoms with Crippen molar-refractivity contribution in [2.45, 2.75) is 58.4 Å². The molecule has 3 heterocycles. The van der Waals surface area contributed by atoms with Gasteiger partial charge in [0, 0.05) is 10.9 Å². The summed E-state index contributed by atoms with van der Waals surface area (Å²) in [7, 11) is 0. The van der Waals surface area contributed by atoms with Gasteiger partial charge in [0.15, 0.2) is 17.0 Å². The van der Waals surface area contributed by atoms with Crippen molar-refractivity contribution in [3.63, 3.8) is 0 Å². The van der Waals surface area contributed by atoms with E-state index in [9.17, 15) is 15.0 Å². The van der Waals surface area contributed by atoms with E-state index in [0.29, 0.717) is 29.2 Å². The first kappa shape index (κ1) is 21.1. The second-order valence-electron chi connectivity index (χ2n) is 9.01. The molecule has 0 radical (unpaired) electrons. The van der Waals surface area contributed by atoms with Crippen LogP contribution in [0.15, 0.2) is 18.5 Å². The quantitative estimate of drug-likeness (QED) is 0.522. The molecule has 0 saturated heterocycles. The highest BCUT2D eigenvalue weighted by atomic mass is 32.1. The van der Waals surface area contributed by atoms with Gasteiger partial charge in [0.25, 0.3) is 0 Å². The molecule has 2 aliphatic carbocycles. The number of thiophene rings is 1. The van der Waals surface area contributed by atoms with E-state index in [1.807, 2.05) is 32.9 Å². The maximum absolute atomic E-state index is 12.2. The molecule has 3 aromatic heterocycles. The number of Topliss-reactive ketones (excluding diaryl/α,β-unsaturated/α-hetero) is 1. The Labute approximate surface area is 189 Å². The number of aromatic nitrogens is 4. The summed E-state index contributed by atoms with van der Waals surface area (Å²) in [5.74, 6) is 6.83. The summed E-state index contributed by atoms with van der Waals surface area (Å²) in [6.07, 6.45) is -0.00357. The topological polar surface area (TPSA) is 113 Å². The number of nitrogens with one attached hydrogen (secondary N) is 1. The number of rotatable bonds is 4. The van der Waals surface area contributed by atoms with Gasteiger partial charge in [-0.05, 0) is 64.0 Å². The predicted molar refractivity (Wildman–Crippen MR) is 121 cm³/mol. The Bertz CT molecular complexity index is 1290. The van der Waals surface area contributed by atoms with E-state index >= 15 is 0 Å². The fourth-order valence-corrected chi connectivity index (χ4v) is 5.68. The Kier molecular flexibility index (Phi) is 4.85. The van der Waals surface area contributed by atoms with Gasteiger partial charge in [-0.25, -0.2) is 15.0 Å². The average Bonchev–Trinajstić information content (AvgIpc) is 2.98. The van der Waals surface area contributed by atoms with Crippen LogP contribution < -0.4 is 5.32 Å². The van der Waals surface area contributed by atoms with E-state index in [-0.39, 0.29) is 17.7 Å². The lowest BCUT2D eigenvalue weighted by atomic mass is 9.95. The third kappa shape index (κ3) is 3.13. The second kappa shape index (κ2) is 7.37. The van der Waals surface area contributed by atoms with Crippen molar-refractivity contribution in [3.05, 3.63) is 34.0 Å². The Hall–Kier alpha value is -2.80. The number of carbonyl (C=O) groups excluding carboxylic acids is 1. The molecule has 2 fully saturated rings. The minimum atomic E-state index is -1.09. The third-order valence-electron chi connectivity index (χ3n) is 6.53. The summed E-state index contributed by atoms with van der Waals surface area (Å²) in [6.45, 7) is 7.53. The lowest BCUT2D eigenvalue weighted by molar-refractivity contribution is -0.128. The molecule has 0 aliphatic heterocycles. The zero-order valence-corrected chi connectivity index (χ0v) is 19.1. The minimum absolute atomic E-state index is 0.0874. The maximum Gasteiger partial charge on any atom is 0.209 e. The molecule has 0 aromatic carbocycles. The van der Waals surface area contributed by atoms with E-state index in [2.05, 4.69) is 32.1 Å². The Balaban J connectivity index is 1.61. The van der Waals surface area contributed by atoms with Crippen molar-refractivity contribution >= 4 is 34.1 Å². The normalized spacial score (nSPS) is 28.5. The number of ketones is 1. The van der Waals surface area contributed by atoms with Gasteiger partial charge in [0.2, 0.25) is 5.82 Å². The van der Waals surface area contributed by atoms with Crippen molar-refractivity contribution in [1.29, 1.82) is 0 Å². The molecule has 166 valence electrons. The molecule has 2 saturated carbocycles. The molecule has 0 spiro atoms. The van der Waals surface area contributed by atoms with Crippen LogP contribution in [0.5, 0.6) is 0 Å². The van der Waals surface area contributed by atoms with Crippen LogP contribution in [0.1, 0.15) is 48.8 Å². The first-order chi connectivity index (χ1) is 15.2. The maximum atomic E-state index is 12.2. The summed E-state index contributed by atoms with van der Waals surface area (Å²) < 4.78 is 1.78. The van der Waals surface area contributed by atoms with Crippen LogP contribution in [0.25, 0.3) is 11.2 Å². The first-order valence-electron chi connectivity index (χ1n) is 10.7. The number of imidazole rings is 1. The summed E-state index contributed by atoms with van der Waals surface area (Å²) in [5.41, 5.74) is 0.225. The number of fused-ring (bicyclic) bond motifs is 2. The number of aliphatic hydroxyl groups is 2. The molecule has 0 amide bonds. The van der Waals surface area contributed by atoms with Crippen molar-refractivity contribution in [1.82, 2.24) is 19.5 Å². The van der Waals surface area contributed by atoms with Crippen molar-refractivity contribution in [2.75, 3.05) is 5.32 Å². The van der Waals surface area contributed by atoms with Crippen LogP contribution in [-0.4, -0.2) is 53.8 Å². The SMILES string of the molecule is CC(=O)[C@@]12CC1[C@@H](n1cnc3c(NC(C)C)nc(C#Cc4ccc(C)s4)nc31)[C@H](O)C2O. The lowest BCUT2D eigenvalue weighted by Crippen LogP contribution is -2.36. The van der Waals surface area contributed by atoms with Gasteiger partial charge in [-0.15, -0.1) is 11.3 Å². The van der Waals surface area contributed by atoms with Crippen LogP contribution in [0, 0.1) is 30.1 Å². The lowest BCUT2D eigenvalue weighted by Gasteiger charge is -2.23. The van der Waals surface area contributed by atoms with E-state index in [1.165, 1.54) is 11.8 Å².